The lowest BCUT2D eigenvalue weighted by atomic mass is 10.2. The molecule has 0 radical (unpaired) electrons. The van der Waals surface area contributed by atoms with Gasteiger partial charge in [0.15, 0.2) is 11.5 Å². The maximum Gasteiger partial charge on any atom is 0.161 e. The van der Waals surface area contributed by atoms with Crippen molar-refractivity contribution in [1.29, 1.82) is 0 Å². The van der Waals surface area contributed by atoms with Gasteiger partial charge in [0.25, 0.3) is 0 Å². The number of hydrogen-bond acceptors (Lipinski definition) is 4. The summed E-state index contributed by atoms with van der Waals surface area (Å²) in [6.07, 6.45) is 0. The van der Waals surface area contributed by atoms with E-state index in [1.807, 2.05) is 49.4 Å². The van der Waals surface area contributed by atoms with E-state index in [2.05, 4.69) is 5.32 Å². The number of benzene rings is 2. The SMILES string of the molecule is CCOc1cc(CNCCOc2ccccc2)ccc1O. The van der Waals surface area contributed by atoms with Gasteiger partial charge in [-0.2, -0.15) is 0 Å². The number of rotatable bonds is 8. The Morgan fingerprint density at radius 2 is 1.86 bits per heavy atom. The Kier molecular flexibility index (Phi) is 5.91. The van der Waals surface area contributed by atoms with Gasteiger partial charge in [-0.3, -0.25) is 0 Å². The number of hydrogen-bond donors (Lipinski definition) is 2. The van der Waals surface area contributed by atoms with Crippen LogP contribution in [0.1, 0.15) is 12.5 Å². The van der Waals surface area contributed by atoms with E-state index in [9.17, 15) is 5.11 Å². The lowest BCUT2D eigenvalue weighted by Crippen LogP contribution is -2.20. The summed E-state index contributed by atoms with van der Waals surface area (Å²) >= 11 is 0. The van der Waals surface area contributed by atoms with Crippen molar-refractivity contribution in [2.24, 2.45) is 0 Å². The molecule has 0 amide bonds. The molecule has 4 nitrogen and oxygen atoms in total. The van der Waals surface area contributed by atoms with Crippen LogP contribution < -0.4 is 14.8 Å². The minimum Gasteiger partial charge on any atom is -0.504 e. The molecule has 2 N–H and O–H groups in total. The van der Waals surface area contributed by atoms with Gasteiger partial charge in [0.2, 0.25) is 0 Å². The van der Waals surface area contributed by atoms with Gasteiger partial charge in [0.1, 0.15) is 12.4 Å². The molecule has 0 saturated carbocycles. The molecule has 0 aromatic heterocycles. The van der Waals surface area contributed by atoms with Crippen LogP contribution in [0, 0.1) is 0 Å². The summed E-state index contributed by atoms with van der Waals surface area (Å²) in [7, 11) is 0. The predicted octanol–water partition coefficient (Wildman–Crippen LogP) is 2.96. The molecule has 0 atom stereocenters. The van der Waals surface area contributed by atoms with Gasteiger partial charge in [0, 0.05) is 13.1 Å². The third-order valence-electron chi connectivity index (χ3n) is 2.94. The Balaban J connectivity index is 1.72. The zero-order chi connectivity index (χ0) is 14.9. The summed E-state index contributed by atoms with van der Waals surface area (Å²) in [4.78, 5) is 0. The molecule has 4 heteroatoms. The highest BCUT2D eigenvalue weighted by Crippen LogP contribution is 2.26. The van der Waals surface area contributed by atoms with Crippen molar-refractivity contribution >= 4 is 0 Å². The second kappa shape index (κ2) is 8.17. The fourth-order valence-electron chi connectivity index (χ4n) is 1.93. The molecule has 0 aliphatic rings. The first-order chi connectivity index (χ1) is 10.3. The van der Waals surface area contributed by atoms with Crippen LogP contribution >= 0.6 is 0 Å². The molecule has 0 spiro atoms. The highest BCUT2D eigenvalue weighted by Gasteiger charge is 2.03. The van der Waals surface area contributed by atoms with Crippen LogP contribution in [0.15, 0.2) is 48.5 Å². The van der Waals surface area contributed by atoms with E-state index >= 15 is 0 Å². The average Bonchev–Trinajstić information content (AvgIpc) is 2.51. The van der Waals surface area contributed by atoms with Crippen molar-refractivity contribution < 1.29 is 14.6 Å². The Labute approximate surface area is 125 Å². The number of phenolic OH excluding ortho intramolecular Hbond substituents is 1. The molecule has 0 unspecified atom stereocenters. The molecule has 0 heterocycles. The molecule has 0 saturated heterocycles. The second-order valence-corrected chi connectivity index (χ2v) is 4.57. The smallest absolute Gasteiger partial charge is 0.161 e. The van der Waals surface area contributed by atoms with Crippen LogP contribution in [-0.2, 0) is 6.54 Å². The molecular weight excluding hydrogens is 266 g/mol. The Hall–Kier alpha value is -2.20. The third kappa shape index (κ3) is 5.00. The molecule has 0 bridgehead atoms. The van der Waals surface area contributed by atoms with Gasteiger partial charge in [-0.25, -0.2) is 0 Å². The summed E-state index contributed by atoms with van der Waals surface area (Å²) in [6.45, 7) is 4.50. The molecule has 2 rings (SSSR count). The normalized spacial score (nSPS) is 10.3. The van der Waals surface area contributed by atoms with Gasteiger partial charge in [-0.15, -0.1) is 0 Å². The highest BCUT2D eigenvalue weighted by atomic mass is 16.5. The van der Waals surface area contributed by atoms with Crippen LogP contribution in [-0.4, -0.2) is 24.9 Å². The minimum atomic E-state index is 0.174. The van der Waals surface area contributed by atoms with Gasteiger partial charge in [-0.1, -0.05) is 24.3 Å². The fraction of sp³-hybridized carbons (Fsp3) is 0.294. The first-order valence-electron chi connectivity index (χ1n) is 7.13. The molecule has 0 aliphatic carbocycles. The number of phenols is 1. The van der Waals surface area contributed by atoms with Crippen LogP contribution in [0.4, 0.5) is 0 Å². The van der Waals surface area contributed by atoms with Gasteiger partial charge >= 0.3 is 0 Å². The van der Waals surface area contributed by atoms with Crippen molar-refractivity contribution in [1.82, 2.24) is 5.32 Å². The lowest BCUT2D eigenvalue weighted by Gasteiger charge is -2.10. The Morgan fingerprint density at radius 3 is 2.62 bits per heavy atom. The molecule has 21 heavy (non-hydrogen) atoms. The Morgan fingerprint density at radius 1 is 1.05 bits per heavy atom. The van der Waals surface area contributed by atoms with Crippen LogP contribution in [0.3, 0.4) is 0 Å². The maximum absolute atomic E-state index is 9.64. The summed E-state index contributed by atoms with van der Waals surface area (Å²) in [5.74, 6) is 1.58. The van der Waals surface area contributed by atoms with E-state index in [0.717, 1.165) is 17.9 Å². The number of aromatic hydroxyl groups is 1. The van der Waals surface area contributed by atoms with Gasteiger partial charge in [0.05, 0.1) is 6.61 Å². The van der Waals surface area contributed by atoms with E-state index in [-0.39, 0.29) is 5.75 Å². The largest absolute Gasteiger partial charge is 0.504 e. The first kappa shape index (κ1) is 15.2. The fourth-order valence-corrected chi connectivity index (χ4v) is 1.93. The predicted molar refractivity (Wildman–Crippen MR) is 82.9 cm³/mol. The number of para-hydroxylation sites is 1. The van der Waals surface area contributed by atoms with E-state index in [1.54, 1.807) is 6.07 Å². The van der Waals surface area contributed by atoms with Crippen molar-refractivity contribution in [2.75, 3.05) is 19.8 Å². The third-order valence-corrected chi connectivity index (χ3v) is 2.94. The zero-order valence-corrected chi connectivity index (χ0v) is 12.2. The molecule has 2 aromatic carbocycles. The number of nitrogens with one attached hydrogen (secondary N) is 1. The van der Waals surface area contributed by atoms with E-state index < -0.39 is 0 Å². The minimum absolute atomic E-state index is 0.174. The Bertz CT molecular complexity index is 543. The molecule has 0 aliphatic heterocycles. The van der Waals surface area contributed by atoms with Crippen molar-refractivity contribution in [3.63, 3.8) is 0 Å². The zero-order valence-electron chi connectivity index (χ0n) is 12.2. The van der Waals surface area contributed by atoms with Crippen LogP contribution in [0.25, 0.3) is 0 Å². The molecule has 0 fully saturated rings. The number of ether oxygens (including phenoxy) is 2. The summed E-state index contributed by atoms with van der Waals surface area (Å²) < 4.78 is 11.0. The molecule has 112 valence electrons. The van der Waals surface area contributed by atoms with Crippen molar-refractivity contribution in [3.8, 4) is 17.2 Å². The quantitative estimate of drug-likeness (QED) is 0.733. The van der Waals surface area contributed by atoms with E-state index in [4.69, 9.17) is 9.47 Å². The van der Waals surface area contributed by atoms with E-state index in [1.165, 1.54) is 0 Å². The lowest BCUT2D eigenvalue weighted by molar-refractivity contribution is 0.312. The molecule has 2 aromatic rings. The van der Waals surface area contributed by atoms with Gasteiger partial charge < -0.3 is 19.9 Å². The monoisotopic (exact) mass is 287 g/mol. The van der Waals surface area contributed by atoms with Crippen LogP contribution in [0.5, 0.6) is 17.2 Å². The molecular formula is C17H21NO3. The van der Waals surface area contributed by atoms with Crippen molar-refractivity contribution in [3.05, 3.63) is 54.1 Å². The second-order valence-electron chi connectivity index (χ2n) is 4.57. The highest BCUT2D eigenvalue weighted by molar-refractivity contribution is 5.41. The van der Waals surface area contributed by atoms with Crippen molar-refractivity contribution in [2.45, 2.75) is 13.5 Å². The first-order valence-corrected chi connectivity index (χ1v) is 7.13. The average molecular weight is 287 g/mol. The standard InChI is InChI=1S/C17H21NO3/c1-2-20-17-12-14(8-9-16(17)19)13-18-10-11-21-15-6-4-3-5-7-15/h3-9,12,18-19H,2,10-11,13H2,1H3. The summed E-state index contributed by atoms with van der Waals surface area (Å²) in [6, 6.07) is 15.1. The van der Waals surface area contributed by atoms with E-state index in [0.29, 0.717) is 25.5 Å². The summed E-state index contributed by atoms with van der Waals surface area (Å²) in [5.41, 5.74) is 1.07. The summed E-state index contributed by atoms with van der Waals surface area (Å²) in [5, 5.41) is 12.9. The topological polar surface area (TPSA) is 50.7 Å². The van der Waals surface area contributed by atoms with Crippen LogP contribution in [0.2, 0.25) is 0 Å². The van der Waals surface area contributed by atoms with Gasteiger partial charge in [-0.05, 0) is 36.8 Å². The maximum atomic E-state index is 9.64.